The lowest BCUT2D eigenvalue weighted by Gasteiger charge is -2.17. The van der Waals surface area contributed by atoms with Crippen LogP contribution in [0.15, 0.2) is 12.1 Å². The molecule has 1 aliphatic rings. The van der Waals surface area contributed by atoms with Gasteiger partial charge >= 0.3 is 0 Å². The smallest absolute Gasteiger partial charge is 0.129 e. The predicted molar refractivity (Wildman–Crippen MR) is 76.3 cm³/mol. The molecule has 2 rings (SSSR count). The Morgan fingerprint density at radius 2 is 2.41 bits per heavy atom. The maximum atomic E-state index is 9.31. The lowest BCUT2D eigenvalue weighted by molar-refractivity contribution is 0.543. The van der Waals surface area contributed by atoms with Gasteiger partial charge in [0.05, 0.1) is 0 Å². The first-order chi connectivity index (χ1) is 8.29. The van der Waals surface area contributed by atoms with E-state index in [1.54, 1.807) is 0 Å². The number of aliphatic hydroxyl groups excluding tert-OH is 1. The van der Waals surface area contributed by atoms with E-state index in [-0.39, 0.29) is 0 Å². The average Bonchev–Trinajstić information content (AvgIpc) is 2.38. The molecule has 0 amide bonds. The molecule has 0 radical (unpaired) electrons. The van der Waals surface area contributed by atoms with Crippen molar-refractivity contribution in [1.29, 1.82) is 0 Å². The Bertz CT molecular complexity index is 453. The van der Waals surface area contributed by atoms with Crippen molar-refractivity contribution in [1.82, 2.24) is 4.98 Å². The molecule has 92 valence electrons. The van der Waals surface area contributed by atoms with E-state index in [0.29, 0.717) is 11.5 Å². The van der Waals surface area contributed by atoms with Gasteiger partial charge in [-0.2, -0.15) is 0 Å². The first-order valence-electron chi connectivity index (χ1n) is 5.99. The molecule has 0 saturated heterocycles. The lowest BCUT2D eigenvalue weighted by Crippen LogP contribution is -2.14. The fourth-order valence-electron chi connectivity index (χ4n) is 2.00. The molecule has 0 saturated carbocycles. The molecular weight excluding hydrogens is 232 g/mol. The third-order valence-corrected chi connectivity index (χ3v) is 3.48. The van der Waals surface area contributed by atoms with Crippen molar-refractivity contribution in [2.24, 2.45) is 0 Å². The van der Waals surface area contributed by atoms with Crippen LogP contribution in [0.25, 0.3) is 0 Å². The summed E-state index contributed by atoms with van der Waals surface area (Å²) >= 11 is 0. The van der Waals surface area contributed by atoms with E-state index < -0.39 is 0 Å². The van der Waals surface area contributed by atoms with Crippen molar-refractivity contribution in [2.75, 3.05) is 11.9 Å². The van der Waals surface area contributed by atoms with Gasteiger partial charge in [0.15, 0.2) is 0 Å². The average molecular weight is 250 g/mol. The lowest BCUT2D eigenvalue weighted by atomic mass is 10.1. The molecule has 17 heavy (non-hydrogen) atoms. The molecule has 2 heterocycles. The van der Waals surface area contributed by atoms with Crippen molar-refractivity contribution < 1.29 is 5.11 Å². The molecule has 0 bridgehead atoms. The second-order valence-electron chi connectivity index (χ2n) is 4.23. The summed E-state index contributed by atoms with van der Waals surface area (Å²) in [6.07, 6.45) is 4.83. The van der Waals surface area contributed by atoms with Crippen molar-refractivity contribution in [2.45, 2.75) is 32.1 Å². The number of anilines is 1. The number of nitrogens with one attached hydrogen (secondary N) is 1. The second kappa shape index (κ2) is 5.98. The molecular formula is C13H18N2OS. The number of nitrogens with zero attached hydrogens (tertiary/aromatic N) is 1. The minimum absolute atomic E-state index is 0.404. The number of fused-ring (bicyclic) bond motifs is 1. The van der Waals surface area contributed by atoms with Crippen LogP contribution in [0.4, 0.5) is 5.82 Å². The monoisotopic (exact) mass is 250 g/mol. The third kappa shape index (κ3) is 3.41. The molecule has 3 nitrogen and oxygen atoms in total. The van der Waals surface area contributed by atoms with E-state index in [9.17, 15) is 5.11 Å². The first-order valence-corrected chi connectivity index (χ1v) is 6.97. The quantitative estimate of drug-likeness (QED) is 0.807. The van der Waals surface area contributed by atoms with Crippen molar-refractivity contribution in [3.63, 3.8) is 0 Å². The minimum atomic E-state index is 0.404. The maximum Gasteiger partial charge on any atom is 0.129 e. The number of hydrogen-bond acceptors (Lipinski definition) is 2. The largest absolute Gasteiger partial charge is 0.370 e. The molecule has 1 aliphatic heterocycles. The van der Waals surface area contributed by atoms with Crippen LogP contribution in [0, 0.1) is 0 Å². The van der Waals surface area contributed by atoms with Crippen LogP contribution in [0.1, 0.15) is 30.5 Å². The Kier molecular flexibility index (Phi) is 4.34. The van der Waals surface area contributed by atoms with Crippen LogP contribution in [0.3, 0.4) is 0 Å². The van der Waals surface area contributed by atoms with Gasteiger partial charge in [-0.1, -0.05) is 6.07 Å². The van der Waals surface area contributed by atoms with E-state index in [1.165, 1.54) is 22.9 Å². The number of aliphatic hydroxyl groups is 1. The highest BCUT2D eigenvalue weighted by atomic mass is 32.1. The summed E-state index contributed by atoms with van der Waals surface area (Å²) < 4.78 is 0. The van der Waals surface area contributed by atoms with Gasteiger partial charge in [0.1, 0.15) is 10.9 Å². The van der Waals surface area contributed by atoms with Gasteiger partial charge in [0.2, 0.25) is 0 Å². The number of hydrogen-bond donors (Lipinski definition) is 2. The Morgan fingerprint density at radius 3 is 3.24 bits per heavy atom. The number of aryl methyl sites for hydroxylation is 2. The van der Waals surface area contributed by atoms with Crippen LogP contribution in [0.2, 0.25) is 0 Å². The van der Waals surface area contributed by atoms with Crippen molar-refractivity contribution >= 4 is 27.7 Å². The van der Waals surface area contributed by atoms with Crippen LogP contribution < -0.4 is 5.32 Å². The molecule has 0 spiro atoms. The molecule has 0 aliphatic carbocycles. The summed E-state index contributed by atoms with van der Waals surface area (Å²) in [5, 5.41) is 13.0. The van der Waals surface area contributed by atoms with Gasteiger partial charge in [-0.15, -0.1) is 10.9 Å². The minimum Gasteiger partial charge on any atom is -0.370 e. The van der Waals surface area contributed by atoms with Gasteiger partial charge in [0.25, 0.3) is 0 Å². The van der Waals surface area contributed by atoms with E-state index >= 15 is 0 Å². The molecule has 1 aromatic rings. The summed E-state index contributed by atoms with van der Waals surface area (Å²) in [6, 6.07) is 4.27. The maximum absolute atomic E-state index is 9.31. The molecule has 4 heteroatoms. The number of rotatable bonds is 4. The first kappa shape index (κ1) is 12.3. The highest BCUT2D eigenvalue weighted by Crippen LogP contribution is 2.20. The Hall–Kier alpha value is -1.13. The van der Waals surface area contributed by atoms with Crippen molar-refractivity contribution in [3.05, 3.63) is 23.4 Å². The zero-order valence-electron chi connectivity index (χ0n) is 9.91. The van der Waals surface area contributed by atoms with Crippen LogP contribution >= 0.6 is 10.9 Å². The van der Waals surface area contributed by atoms with Gasteiger partial charge < -0.3 is 10.4 Å². The molecule has 0 unspecified atom stereocenters. The van der Waals surface area contributed by atoms with Gasteiger partial charge in [-0.05, 0) is 43.2 Å². The Labute approximate surface area is 105 Å². The summed E-state index contributed by atoms with van der Waals surface area (Å²) in [5.41, 5.74) is 2.42. The zero-order valence-corrected chi connectivity index (χ0v) is 10.7. The van der Waals surface area contributed by atoms with Crippen molar-refractivity contribution in [3.8, 4) is 0 Å². The van der Waals surface area contributed by atoms with Gasteiger partial charge in [0, 0.05) is 18.7 Å². The molecule has 1 aromatic heterocycles. The van der Waals surface area contributed by atoms with Gasteiger partial charge in [-0.3, -0.25) is 0 Å². The van der Waals surface area contributed by atoms with Crippen LogP contribution in [0.5, 0.6) is 0 Å². The van der Waals surface area contributed by atoms with Crippen LogP contribution in [-0.2, 0) is 12.8 Å². The molecule has 0 fully saturated rings. The normalized spacial score (nSPS) is 13.7. The fraction of sp³-hybridized carbons (Fsp3) is 0.462. The third-order valence-electron chi connectivity index (χ3n) is 2.94. The standard InChI is InChI=1S/C13H18N2OS/c1-17-12(16)6-2-5-11-8-7-10-4-3-9-14-13(10)15-11/h7-8,16H,1-6,9H2,(H,14,15). The Balaban J connectivity index is 1.95. The summed E-state index contributed by atoms with van der Waals surface area (Å²) in [4.78, 5) is 4.61. The fourth-order valence-corrected chi connectivity index (χ4v) is 2.29. The summed E-state index contributed by atoms with van der Waals surface area (Å²) in [6.45, 7) is 1.02. The summed E-state index contributed by atoms with van der Waals surface area (Å²) in [5.74, 6) is 4.62. The molecule has 0 aromatic carbocycles. The van der Waals surface area contributed by atoms with E-state index in [2.05, 4.69) is 28.3 Å². The Morgan fingerprint density at radius 1 is 1.53 bits per heavy atom. The zero-order chi connectivity index (χ0) is 12.1. The van der Waals surface area contributed by atoms with Crippen LogP contribution in [-0.4, -0.2) is 27.6 Å². The molecule has 0 atom stereocenters. The van der Waals surface area contributed by atoms with Gasteiger partial charge in [-0.25, -0.2) is 4.98 Å². The van der Waals surface area contributed by atoms with E-state index in [1.807, 2.05) is 0 Å². The predicted octanol–water partition coefficient (Wildman–Crippen LogP) is 2.62. The highest BCUT2D eigenvalue weighted by molar-refractivity contribution is 7.95. The molecule has 2 N–H and O–H groups in total. The van der Waals surface area contributed by atoms with E-state index in [4.69, 9.17) is 0 Å². The highest BCUT2D eigenvalue weighted by Gasteiger charge is 2.09. The SMILES string of the molecule is C=S=C(O)CCCc1ccc2c(n1)NCCC2. The van der Waals surface area contributed by atoms with E-state index in [0.717, 1.165) is 37.3 Å². The number of pyridine rings is 1. The second-order valence-corrected chi connectivity index (χ2v) is 4.99. The number of aromatic nitrogens is 1. The summed E-state index contributed by atoms with van der Waals surface area (Å²) in [7, 11) is 1.17. The topological polar surface area (TPSA) is 45.2 Å².